The van der Waals surface area contributed by atoms with Crippen molar-refractivity contribution < 1.29 is 18.3 Å². The summed E-state index contributed by atoms with van der Waals surface area (Å²) in [6.45, 7) is 1.20. The lowest BCUT2D eigenvalue weighted by atomic mass is 9.97. The van der Waals surface area contributed by atoms with Crippen molar-refractivity contribution in [3.63, 3.8) is 0 Å². The molecule has 100 valence electrons. The summed E-state index contributed by atoms with van der Waals surface area (Å²) in [4.78, 5) is 10.7. The molecule has 5 nitrogen and oxygen atoms in total. The molecule has 0 radical (unpaired) electrons. The first kappa shape index (κ1) is 14.4. The van der Waals surface area contributed by atoms with E-state index >= 15 is 0 Å². The molecule has 0 amide bonds. The third kappa shape index (κ3) is 4.63. The summed E-state index contributed by atoms with van der Waals surface area (Å²) in [7, 11) is -3.74. The summed E-state index contributed by atoms with van der Waals surface area (Å²) in [5.41, 5.74) is 0. The lowest BCUT2D eigenvalue weighted by Gasteiger charge is -2.22. The first-order valence-corrected chi connectivity index (χ1v) is 7.72. The standard InChI is InChI=1S/C11H21NO4S/c1-9(11(13)14)17(15,16)12-10-7-5-3-2-4-6-8-10/h9-10,12H,2-8H2,1H3,(H,13,14). The number of carbonyl (C=O) groups is 1. The van der Waals surface area contributed by atoms with E-state index < -0.39 is 21.2 Å². The Labute approximate surface area is 103 Å². The van der Waals surface area contributed by atoms with Gasteiger partial charge in [0.2, 0.25) is 10.0 Å². The van der Waals surface area contributed by atoms with E-state index in [1.165, 1.54) is 13.3 Å². The zero-order valence-electron chi connectivity index (χ0n) is 10.2. The lowest BCUT2D eigenvalue weighted by molar-refractivity contribution is -0.136. The summed E-state index contributed by atoms with van der Waals surface area (Å²) in [5, 5.41) is 7.35. The van der Waals surface area contributed by atoms with Gasteiger partial charge in [0.1, 0.15) is 0 Å². The van der Waals surface area contributed by atoms with Gasteiger partial charge in [-0.1, -0.05) is 32.1 Å². The molecule has 2 N–H and O–H groups in total. The molecule has 0 spiro atoms. The minimum atomic E-state index is -3.74. The second-order valence-corrected chi connectivity index (χ2v) is 6.72. The molecule has 0 bridgehead atoms. The maximum absolute atomic E-state index is 11.7. The van der Waals surface area contributed by atoms with Gasteiger partial charge in [-0.15, -0.1) is 0 Å². The smallest absolute Gasteiger partial charge is 0.323 e. The Morgan fingerprint density at radius 3 is 2.12 bits per heavy atom. The van der Waals surface area contributed by atoms with Gasteiger partial charge in [0.25, 0.3) is 0 Å². The van der Waals surface area contributed by atoms with Crippen molar-refractivity contribution in [1.29, 1.82) is 0 Å². The van der Waals surface area contributed by atoms with Gasteiger partial charge in [-0.25, -0.2) is 13.1 Å². The average Bonchev–Trinajstić information content (AvgIpc) is 2.20. The third-order valence-electron chi connectivity index (χ3n) is 3.25. The Morgan fingerprint density at radius 1 is 1.18 bits per heavy atom. The van der Waals surface area contributed by atoms with E-state index in [-0.39, 0.29) is 6.04 Å². The molecule has 1 fully saturated rings. The molecule has 0 aromatic rings. The van der Waals surface area contributed by atoms with E-state index in [0.717, 1.165) is 38.5 Å². The molecule has 1 aliphatic rings. The van der Waals surface area contributed by atoms with E-state index in [1.807, 2.05) is 0 Å². The highest BCUT2D eigenvalue weighted by atomic mass is 32.2. The number of nitrogens with one attached hydrogen (secondary N) is 1. The Bertz CT molecular complexity index is 344. The fourth-order valence-electron chi connectivity index (χ4n) is 2.04. The van der Waals surface area contributed by atoms with Crippen molar-refractivity contribution in [3.8, 4) is 0 Å². The highest BCUT2D eigenvalue weighted by Crippen LogP contribution is 2.18. The van der Waals surface area contributed by atoms with Crippen molar-refractivity contribution in [2.24, 2.45) is 0 Å². The van der Waals surface area contributed by atoms with Crippen LogP contribution in [0.3, 0.4) is 0 Å². The van der Waals surface area contributed by atoms with Crippen LogP contribution in [0.2, 0.25) is 0 Å². The normalized spacial score (nSPS) is 21.5. The molecule has 0 heterocycles. The highest BCUT2D eigenvalue weighted by Gasteiger charge is 2.29. The number of carboxylic acid groups (broad SMARTS) is 1. The molecule has 0 aliphatic heterocycles. The second-order valence-electron chi connectivity index (χ2n) is 4.69. The molecule has 1 saturated carbocycles. The van der Waals surface area contributed by atoms with Crippen molar-refractivity contribution in [2.75, 3.05) is 0 Å². The number of aliphatic carboxylic acids is 1. The number of rotatable bonds is 4. The van der Waals surface area contributed by atoms with Crippen molar-refractivity contribution in [2.45, 2.75) is 63.2 Å². The van der Waals surface area contributed by atoms with Gasteiger partial charge < -0.3 is 5.11 Å². The van der Waals surface area contributed by atoms with Gasteiger partial charge in [0, 0.05) is 6.04 Å². The first-order chi connectivity index (χ1) is 7.93. The predicted molar refractivity (Wildman–Crippen MR) is 65.3 cm³/mol. The SMILES string of the molecule is CC(C(=O)O)S(=O)(=O)NC1CCCCCCC1. The molecule has 1 unspecified atom stereocenters. The van der Waals surface area contributed by atoms with Crippen molar-refractivity contribution in [3.05, 3.63) is 0 Å². The summed E-state index contributed by atoms with van der Waals surface area (Å²) in [6.07, 6.45) is 7.12. The van der Waals surface area contributed by atoms with Crippen LogP contribution >= 0.6 is 0 Å². The number of hydrogen-bond acceptors (Lipinski definition) is 3. The quantitative estimate of drug-likeness (QED) is 0.805. The summed E-state index contributed by atoms with van der Waals surface area (Å²) in [5.74, 6) is -1.30. The molecule has 17 heavy (non-hydrogen) atoms. The Morgan fingerprint density at radius 2 is 1.65 bits per heavy atom. The monoisotopic (exact) mass is 263 g/mol. The highest BCUT2D eigenvalue weighted by molar-refractivity contribution is 7.90. The topological polar surface area (TPSA) is 83.5 Å². The van der Waals surface area contributed by atoms with E-state index in [1.54, 1.807) is 0 Å². The number of carboxylic acids is 1. The van der Waals surface area contributed by atoms with Crippen LogP contribution in [0.4, 0.5) is 0 Å². The summed E-state index contributed by atoms with van der Waals surface area (Å²) in [6, 6.07) is -0.0953. The fourth-order valence-corrected chi connectivity index (χ4v) is 3.21. The Kier molecular flexibility index (Phi) is 5.39. The molecule has 0 aromatic heterocycles. The second kappa shape index (κ2) is 6.35. The molecule has 1 atom stereocenters. The molecular weight excluding hydrogens is 242 g/mol. The van der Waals surface area contributed by atoms with Crippen LogP contribution in [-0.2, 0) is 14.8 Å². The van der Waals surface area contributed by atoms with Gasteiger partial charge in [-0.05, 0) is 19.8 Å². The van der Waals surface area contributed by atoms with Crippen LogP contribution < -0.4 is 4.72 Å². The lowest BCUT2D eigenvalue weighted by Crippen LogP contribution is -2.43. The minimum Gasteiger partial charge on any atom is -0.480 e. The van der Waals surface area contributed by atoms with Crippen molar-refractivity contribution >= 4 is 16.0 Å². The average molecular weight is 263 g/mol. The van der Waals surface area contributed by atoms with Crippen LogP contribution in [0.15, 0.2) is 0 Å². The van der Waals surface area contributed by atoms with Crippen molar-refractivity contribution in [1.82, 2.24) is 4.72 Å². The fraction of sp³-hybridized carbons (Fsp3) is 0.909. The minimum absolute atomic E-state index is 0.0953. The first-order valence-electron chi connectivity index (χ1n) is 6.17. The predicted octanol–water partition coefficient (Wildman–Crippen LogP) is 1.49. The van der Waals surface area contributed by atoms with Gasteiger partial charge in [-0.2, -0.15) is 0 Å². The van der Waals surface area contributed by atoms with E-state index in [0.29, 0.717) is 0 Å². The molecular formula is C11H21NO4S. The van der Waals surface area contributed by atoms with Gasteiger partial charge in [-0.3, -0.25) is 4.79 Å². The molecule has 0 aromatic carbocycles. The third-order valence-corrected chi connectivity index (χ3v) is 5.04. The number of sulfonamides is 1. The molecule has 6 heteroatoms. The Hall–Kier alpha value is -0.620. The molecule has 0 saturated heterocycles. The largest absolute Gasteiger partial charge is 0.480 e. The molecule has 1 aliphatic carbocycles. The van der Waals surface area contributed by atoms with Crippen LogP contribution in [-0.4, -0.2) is 30.8 Å². The van der Waals surface area contributed by atoms with Crippen LogP contribution in [0.25, 0.3) is 0 Å². The van der Waals surface area contributed by atoms with Crippen LogP contribution in [0.1, 0.15) is 51.9 Å². The van der Waals surface area contributed by atoms with Gasteiger partial charge in [0.15, 0.2) is 5.25 Å². The van der Waals surface area contributed by atoms with Gasteiger partial charge >= 0.3 is 5.97 Å². The van der Waals surface area contributed by atoms with Crippen LogP contribution in [0.5, 0.6) is 0 Å². The summed E-state index contributed by atoms with van der Waals surface area (Å²) < 4.78 is 26.0. The maximum atomic E-state index is 11.7. The Balaban J connectivity index is 2.58. The zero-order chi connectivity index (χ0) is 12.9. The molecule has 1 rings (SSSR count). The van der Waals surface area contributed by atoms with E-state index in [2.05, 4.69) is 4.72 Å². The van der Waals surface area contributed by atoms with Gasteiger partial charge in [0.05, 0.1) is 0 Å². The number of hydrogen-bond donors (Lipinski definition) is 2. The maximum Gasteiger partial charge on any atom is 0.323 e. The van der Waals surface area contributed by atoms with E-state index in [4.69, 9.17) is 5.11 Å². The van der Waals surface area contributed by atoms with E-state index in [9.17, 15) is 13.2 Å². The summed E-state index contributed by atoms with van der Waals surface area (Å²) >= 11 is 0. The van der Waals surface area contributed by atoms with Crippen LogP contribution in [0, 0.1) is 0 Å². The zero-order valence-corrected chi connectivity index (χ0v) is 11.0.